The number of ether oxygens (including phenoxy) is 1. The monoisotopic (exact) mass is 375 g/mol. The van der Waals surface area contributed by atoms with Crippen molar-refractivity contribution in [2.24, 2.45) is 0 Å². The molecule has 1 aromatic heterocycles. The minimum Gasteiger partial charge on any atom is -0.377 e. The van der Waals surface area contributed by atoms with E-state index in [9.17, 15) is 13.2 Å². The lowest BCUT2D eigenvalue weighted by molar-refractivity contribution is 0.0950. The van der Waals surface area contributed by atoms with E-state index in [2.05, 4.69) is 15.0 Å². The summed E-state index contributed by atoms with van der Waals surface area (Å²) in [4.78, 5) is 16.5. The molecule has 0 saturated carbocycles. The third kappa shape index (κ3) is 4.87. The highest BCUT2D eigenvalue weighted by Crippen LogP contribution is 2.14. The topological polar surface area (TPSA) is 97.4 Å². The molecule has 7 nitrogen and oxygen atoms in total. The molecule has 1 aromatic carbocycles. The summed E-state index contributed by atoms with van der Waals surface area (Å²) in [5, 5.41) is 2.73. The van der Waals surface area contributed by atoms with E-state index < -0.39 is 10.0 Å². The van der Waals surface area contributed by atoms with Crippen molar-refractivity contribution >= 4 is 15.9 Å². The fraction of sp³-hybridized carbons (Fsp3) is 0.333. The maximum absolute atomic E-state index is 12.4. The number of amides is 1. The van der Waals surface area contributed by atoms with E-state index in [4.69, 9.17) is 4.74 Å². The molecule has 1 atom stereocenters. The molecule has 2 N–H and O–H groups in total. The van der Waals surface area contributed by atoms with E-state index in [0.717, 1.165) is 18.5 Å². The Hall–Kier alpha value is -2.29. The molecule has 0 spiro atoms. The van der Waals surface area contributed by atoms with E-state index in [1.54, 1.807) is 30.5 Å². The van der Waals surface area contributed by atoms with Gasteiger partial charge in [-0.3, -0.25) is 9.78 Å². The highest BCUT2D eigenvalue weighted by atomic mass is 32.2. The minimum atomic E-state index is -3.69. The van der Waals surface area contributed by atoms with Crippen LogP contribution in [0.5, 0.6) is 0 Å². The average Bonchev–Trinajstić information content (AvgIpc) is 3.19. The molecule has 138 valence electrons. The van der Waals surface area contributed by atoms with Gasteiger partial charge in [-0.25, -0.2) is 13.1 Å². The van der Waals surface area contributed by atoms with Crippen LogP contribution in [0, 0.1) is 0 Å². The Kier molecular flexibility index (Phi) is 5.97. The van der Waals surface area contributed by atoms with E-state index in [1.165, 1.54) is 12.1 Å². The van der Waals surface area contributed by atoms with Gasteiger partial charge in [0.05, 0.1) is 23.2 Å². The Morgan fingerprint density at radius 3 is 2.85 bits per heavy atom. The van der Waals surface area contributed by atoms with Crippen molar-refractivity contribution in [1.29, 1.82) is 0 Å². The lowest BCUT2D eigenvalue weighted by Gasteiger charge is -2.12. The van der Waals surface area contributed by atoms with Crippen molar-refractivity contribution in [3.05, 3.63) is 59.9 Å². The number of hydrogen-bond acceptors (Lipinski definition) is 5. The van der Waals surface area contributed by atoms with Crippen molar-refractivity contribution in [3.8, 4) is 0 Å². The lowest BCUT2D eigenvalue weighted by atomic mass is 10.2. The predicted octanol–water partition coefficient (Wildman–Crippen LogP) is 1.47. The molecule has 1 saturated heterocycles. The molecule has 2 heterocycles. The second-order valence-corrected chi connectivity index (χ2v) is 7.79. The van der Waals surface area contributed by atoms with Crippen molar-refractivity contribution in [2.45, 2.75) is 30.4 Å². The zero-order valence-corrected chi connectivity index (χ0v) is 15.0. The molecule has 1 fully saturated rings. The number of sulfonamides is 1. The van der Waals surface area contributed by atoms with Crippen LogP contribution in [0.3, 0.4) is 0 Å². The quantitative estimate of drug-likeness (QED) is 0.764. The molecular formula is C18H21N3O4S. The molecule has 1 aliphatic heterocycles. The van der Waals surface area contributed by atoms with Crippen molar-refractivity contribution in [3.63, 3.8) is 0 Å². The summed E-state index contributed by atoms with van der Waals surface area (Å²) in [5.74, 6) is -0.355. The Morgan fingerprint density at radius 2 is 2.12 bits per heavy atom. The fourth-order valence-corrected chi connectivity index (χ4v) is 3.78. The summed E-state index contributed by atoms with van der Waals surface area (Å²) < 4.78 is 32.8. The fourth-order valence-electron chi connectivity index (χ4n) is 2.67. The van der Waals surface area contributed by atoms with Crippen molar-refractivity contribution in [2.75, 3.05) is 13.2 Å². The standard InChI is InChI=1S/C18H21N3O4S/c22-18(20-12-15-6-1-2-9-19-15)14-5-3-8-17(11-14)26(23,24)21-13-16-7-4-10-25-16/h1-3,5-6,8-9,11,16,21H,4,7,10,12-13H2,(H,20,22). The first-order valence-corrected chi connectivity index (χ1v) is 9.92. The van der Waals surface area contributed by atoms with Crippen LogP contribution >= 0.6 is 0 Å². The Balaban J connectivity index is 1.63. The Labute approximate surface area is 152 Å². The second-order valence-electron chi connectivity index (χ2n) is 6.02. The van der Waals surface area contributed by atoms with Gasteiger partial charge >= 0.3 is 0 Å². The van der Waals surface area contributed by atoms with Crippen molar-refractivity contribution in [1.82, 2.24) is 15.0 Å². The third-order valence-corrected chi connectivity index (χ3v) is 5.51. The summed E-state index contributed by atoms with van der Waals surface area (Å²) >= 11 is 0. The van der Waals surface area contributed by atoms with E-state index in [0.29, 0.717) is 6.61 Å². The summed E-state index contributed by atoms with van der Waals surface area (Å²) in [6, 6.07) is 11.4. The minimum absolute atomic E-state index is 0.0565. The molecule has 1 amide bonds. The number of pyridine rings is 1. The summed E-state index contributed by atoms with van der Waals surface area (Å²) in [5.41, 5.74) is 1.00. The molecule has 1 aliphatic rings. The summed E-state index contributed by atoms with van der Waals surface area (Å²) in [7, 11) is -3.69. The smallest absolute Gasteiger partial charge is 0.251 e. The summed E-state index contributed by atoms with van der Waals surface area (Å²) in [6.07, 6.45) is 3.35. The maximum atomic E-state index is 12.4. The van der Waals surface area contributed by atoms with E-state index in [-0.39, 0.29) is 35.6 Å². The van der Waals surface area contributed by atoms with Crippen LogP contribution in [-0.2, 0) is 21.3 Å². The molecule has 2 aromatic rings. The van der Waals surface area contributed by atoms with Gasteiger partial charge < -0.3 is 10.1 Å². The number of carbonyl (C=O) groups excluding carboxylic acids is 1. The lowest BCUT2D eigenvalue weighted by Crippen LogP contribution is -2.32. The van der Waals surface area contributed by atoms with Gasteiger partial charge in [-0.2, -0.15) is 0 Å². The third-order valence-electron chi connectivity index (χ3n) is 4.09. The van der Waals surface area contributed by atoms with Gasteiger partial charge in [-0.1, -0.05) is 12.1 Å². The summed E-state index contributed by atoms with van der Waals surface area (Å²) in [6.45, 7) is 1.17. The normalized spacial score (nSPS) is 17.2. The number of benzene rings is 1. The van der Waals surface area contributed by atoms with Crippen LogP contribution < -0.4 is 10.0 Å². The van der Waals surface area contributed by atoms with Crippen molar-refractivity contribution < 1.29 is 17.9 Å². The highest BCUT2D eigenvalue weighted by molar-refractivity contribution is 7.89. The average molecular weight is 375 g/mol. The van der Waals surface area contributed by atoms with Crippen LogP contribution in [-0.4, -0.2) is 38.6 Å². The number of nitrogens with zero attached hydrogens (tertiary/aromatic N) is 1. The zero-order valence-electron chi connectivity index (χ0n) is 14.2. The number of rotatable bonds is 7. The van der Waals surface area contributed by atoms with Crippen LogP contribution in [0.25, 0.3) is 0 Å². The van der Waals surface area contributed by atoms with Gasteiger partial charge in [0.15, 0.2) is 0 Å². The SMILES string of the molecule is O=C(NCc1ccccn1)c1cccc(S(=O)(=O)NCC2CCCO2)c1. The van der Waals surface area contributed by atoms with E-state index >= 15 is 0 Å². The maximum Gasteiger partial charge on any atom is 0.251 e. The molecule has 26 heavy (non-hydrogen) atoms. The molecular weight excluding hydrogens is 354 g/mol. The first-order chi connectivity index (χ1) is 12.5. The van der Waals surface area contributed by atoms with Gasteiger partial charge in [0, 0.05) is 24.9 Å². The largest absolute Gasteiger partial charge is 0.377 e. The Bertz CT molecular complexity index is 850. The first-order valence-electron chi connectivity index (χ1n) is 8.44. The number of nitrogens with one attached hydrogen (secondary N) is 2. The van der Waals surface area contributed by atoms with Gasteiger partial charge in [0.1, 0.15) is 0 Å². The van der Waals surface area contributed by atoms with Crippen LogP contribution in [0.15, 0.2) is 53.6 Å². The second kappa shape index (κ2) is 8.39. The molecule has 0 bridgehead atoms. The van der Waals surface area contributed by atoms with Gasteiger partial charge in [0.2, 0.25) is 10.0 Å². The van der Waals surface area contributed by atoms with Crippen LogP contribution in [0.4, 0.5) is 0 Å². The first kappa shape index (κ1) is 18.5. The van der Waals surface area contributed by atoms with Gasteiger partial charge in [-0.05, 0) is 43.2 Å². The van der Waals surface area contributed by atoms with Crippen LogP contribution in [0.1, 0.15) is 28.9 Å². The number of aromatic nitrogens is 1. The molecule has 0 aliphatic carbocycles. The van der Waals surface area contributed by atoms with Gasteiger partial charge in [-0.15, -0.1) is 0 Å². The molecule has 1 unspecified atom stereocenters. The predicted molar refractivity (Wildman–Crippen MR) is 96.0 cm³/mol. The van der Waals surface area contributed by atoms with Crippen LogP contribution in [0.2, 0.25) is 0 Å². The number of carbonyl (C=O) groups is 1. The highest BCUT2D eigenvalue weighted by Gasteiger charge is 2.21. The molecule has 3 rings (SSSR count). The number of hydrogen-bond donors (Lipinski definition) is 2. The van der Waals surface area contributed by atoms with Gasteiger partial charge in [0.25, 0.3) is 5.91 Å². The molecule has 0 radical (unpaired) electrons. The van der Waals surface area contributed by atoms with E-state index in [1.807, 2.05) is 6.07 Å². The molecule has 8 heteroatoms. The Morgan fingerprint density at radius 1 is 1.23 bits per heavy atom. The zero-order chi connectivity index (χ0) is 18.4.